The predicted molar refractivity (Wildman–Crippen MR) is 47.2 cm³/mol. The number of hydrogen-bond acceptors (Lipinski definition) is 1. The molecule has 0 aromatic carbocycles. The molecule has 0 saturated heterocycles. The van der Waals surface area contributed by atoms with Crippen LogP contribution >= 0.6 is 0 Å². The van der Waals surface area contributed by atoms with E-state index >= 15 is 0 Å². The third-order valence-electron chi connectivity index (χ3n) is 4.63. The fourth-order valence-corrected chi connectivity index (χ4v) is 3.18. The molecule has 3 aliphatic carbocycles. The molecule has 1 nitrogen and oxygen atoms in total. The first kappa shape index (κ1) is 7.60. The standard InChI is InChI=1S/C10H19N/c1-7-4-5-8-6-10(7,11)9(8,2)3/h7-8H,4-6,11H2,1-3H3/t7-,8?,10-/m0/s1. The third kappa shape index (κ3) is 0.658. The maximum atomic E-state index is 6.37. The summed E-state index contributed by atoms with van der Waals surface area (Å²) in [6.45, 7) is 7.00. The van der Waals surface area contributed by atoms with Crippen LogP contribution in [0.1, 0.15) is 40.0 Å². The van der Waals surface area contributed by atoms with Crippen LogP contribution in [0.4, 0.5) is 0 Å². The Morgan fingerprint density at radius 3 is 2.27 bits per heavy atom. The van der Waals surface area contributed by atoms with Gasteiger partial charge in [0, 0.05) is 5.54 Å². The van der Waals surface area contributed by atoms with Gasteiger partial charge in [0.1, 0.15) is 0 Å². The van der Waals surface area contributed by atoms with Gasteiger partial charge in [-0.1, -0.05) is 20.8 Å². The van der Waals surface area contributed by atoms with Crippen molar-refractivity contribution in [2.24, 2.45) is 23.0 Å². The third-order valence-corrected chi connectivity index (χ3v) is 4.63. The Bertz CT molecular complexity index is 185. The maximum absolute atomic E-state index is 6.37. The summed E-state index contributed by atoms with van der Waals surface area (Å²) in [5.41, 5.74) is 6.96. The van der Waals surface area contributed by atoms with Crippen LogP contribution < -0.4 is 5.73 Å². The Labute approximate surface area is 69.4 Å². The number of fused-ring (bicyclic) bond motifs is 2. The highest BCUT2D eigenvalue weighted by Gasteiger charge is 2.62. The van der Waals surface area contributed by atoms with Crippen LogP contribution in [0, 0.1) is 17.3 Å². The minimum absolute atomic E-state index is 0.177. The second-order valence-electron chi connectivity index (χ2n) is 5.14. The van der Waals surface area contributed by atoms with Gasteiger partial charge in [-0.05, 0) is 36.5 Å². The molecule has 3 fully saturated rings. The molecule has 64 valence electrons. The molecule has 0 heterocycles. The van der Waals surface area contributed by atoms with Crippen molar-refractivity contribution < 1.29 is 0 Å². The normalized spacial score (nSPS) is 53.5. The zero-order valence-electron chi connectivity index (χ0n) is 7.85. The van der Waals surface area contributed by atoms with Gasteiger partial charge in [-0.3, -0.25) is 0 Å². The fraction of sp³-hybridized carbons (Fsp3) is 1.00. The Hall–Kier alpha value is -0.0400. The zero-order valence-corrected chi connectivity index (χ0v) is 7.85. The Morgan fingerprint density at radius 1 is 1.27 bits per heavy atom. The lowest BCUT2D eigenvalue weighted by molar-refractivity contribution is -0.123. The smallest absolute Gasteiger partial charge is 0.0237 e. The second-order valence-corrected chi connectivity index (χ2v) is 5.14. The van der Waals surface area contributed by atoms with E-state index in [1.165, 1.54) is 19.3 Å². The molecule has 1 unspecified atom stereocenters. The van der Waals surface area contributed by atoms with Gasteiger partial charge in [0.2, 0.25) is 0 Å². The molecule has 0 aromatic rings. The van der Waals surface area contributed by atoms with Crippen molar-refractivity contribution >= 4 is 0 Å². The van der Waals surface area contributed by atoms with E-state index in [2.05, 4.69) is 20.8 Å². The molecule has 3 atom stereocenters. The number of nitrogens with two attached hydrogens (primary N) is 1. The molecule has 2 bridgehead atoms. The van der Waals surface area contributed by atoms with E-state index in [-0.39, 0.29) is 5.54 Å². The highest BCUT2D eigenvalue weighted by atomic mass is 14.9. The van der Waals surface area contributed by atoms with Crippen LogP contribution in [-0.2, 0) is 0 Å². The largest absolute Gasteiger partial charge is 0.324 e. The molecule has 2 N–H and O–H groups in total. The van der Waals surface area contributed by atoms with E-state index < -0.39 is 0 Å². The van der Waals surface area contributed by atoms with E-state index in [0.29, 0.717) is 5.41 Å². The summed E-state index contributed by atoms with van der Waals surface area (Å²) in [5, 5.41) is 0. The minimum Gasteiger partial charge on any atom is -0.324 e. The monoisotopic (exact) mass is 153 g/mol. The quantitative estimate of drug-likeness (QED) is 0.567. The molecule has 3 saturated carbocycles. The van der Waals surface area contributed by atoms with Gasteiger partial charge in [-0.2, -0.15) is 0 Å². The lowest BCUT2D eigenvalue weighted by atomic mass is 9.41. The highest BCUT2D eigenvalue weighted by molar-refractivity contribution is 5.16. The van der Waals surface area contributed by atoms with Crippen LogP contribution in [0.3, 0.4) is 0 Å². The van der Waals surface area contributed by atoms with Crippen molar-refractivity contribution in [3.63, 3.8) is 0 Å². The first-order valence-corrected chi connectivity index (χ1v) is 4.77. The molecule has 1 heteroatoms. The van der Waals surface area contributed by atoms with Crippen LogP contribution in [0.2, 0.25) is 0 Å². The molecule has 0 aromatic heterocycles. The van der Waals surface area contributed by atoms with Crippen molar-refractivity contribution in [1.82, 2.24) is 0 Å². The zero-order chi connectivity index (χ0) is 8.28. The van der Waals surface area contributed by atoms with E-state index in [1.54, 1.807) is 0 Å². The summed E-state index contributed by atoms with van der Waals surface area (Å²) in [6, 6.07) is 0. The van der Waals surface area contributed by atoms with Crippen LogP contribution in [0.5, 0.6) is 0 Å². The highest BCUT2D eigenvalue weighted by Crippen LogP contribution is 2.62. The van der Waals surface area contributed by atoms with Crippen molar-refractivity contribution in [3.8, 4) is 0 Å². The fourth-order valence-electron chi connectivity index (χ4n) is 3.18. The first-order valence-electron chi connectivity index (χ1n) is 4.77. The predicted octanol–water partition coefficient (Wildman–Crippen LogP) is 2.16. The topological polar surface area (TPSA) is 26.0 Å². The van der Waals surface area contributed by atoms with E-state index in [9.17, 15) is 0 Å². The second kappa shape index (κ2) is 1.82. The molecule has 0 amide bonds. The van der Waals surface area contributed by atoms with Gasteiger partial charge in [-0.25, -0.2) is 0 Å². The Kier molecular flexibility index (Phi) is 1.26. The summed E-state index contributed by atoms with van der Waals surface area (Å²) in [7, 11) is 0. The van der Waals surface area contributed by atoms with Gasteiger partial charge in [0.15, 0.2) is 0 Å². The maximum Gasteiger partial charge on any atom is 0.0237 e. The number of rotatable bonds is 0. The Morgan fingerprint density at radius 2 is 1.91 bits per heavy atom. The molecular formula is C10H19N. The lowest BCUT2D eigenvalue weighted by Crippen LogP contribution is -2.72. The van der Waals surface area contributed by atoms with Gasteiger partial charge < -0.3 is 5.73 Å². The molecule has 0 spiro atoms. The number of hydrogen-bond donors (Lipinski definition) is 1. The molecule has 11 heavy (non-hydrogen) atoms. The van der Waals surface area contributed by atoms with E-state index in [0.717, 1.165) is 11.8 Å². The molecule has 0 radical (unpaired) electrons. The molecule has 3 aliphatic rings. The van der Waals surface area contributed by atoms with Gasteiger partial charge in [0.05, 0.1) is 0 Å². The van der Waals surface area contributed by atoms with Gasteiger partial charge in [0.25, 0.3) is 0 Å². The van der Waals surface area contributed by atoms with Gasteiger partial charge in [-0.15, -0.1) is 0 Å². The van der Waals surface area contributed by atoms with Crippen LogP contribution in [0.15, 0.2) is 0 Å². The van der Waals surface area contributed by atoms with Crippen LogP contribution in [-0.4, -0.2) is 5.54 Å². The van der Waals surface area contributed by atoms with Crippen molar-refractivity contribution in [2.75, 3.05) is 0 Å². The van der Waals surface area contributed by atoms with Crippen molar-refractivity contribution in [1.29, 1.82) is 0 Å². The first-order chi connectivity index (χ1) is 4.98. The van der Waals surface area contributed by atoms with Gasteiger partial charge >= 0.3 is 0 Å². The van der Waals surface area contributed by atoms with Crippen molar-refractivity contribution in [3.05, 3.63) is 0 Å². The lowest BCUT2D eigenvalue weighted by Gasteiger charge is -2.66. The summed E-state index contributed by atoms with van der Waals surface area (Å²) >= 11 is 0. The average molecular weight is 153 g/mol. The van der Waals surface area contributed by atoms with Crippen LogP contribution in [0.25, 0.3) is 0 Å². The van der Waals surface area contributed by atoms with E-state index in [4.69, 9.17) is 5.73 Å². The molecular weight excluding hydrogens is 134 g/mol. The van der Waals surface area contributed by atoms with Crippen molar-refractivity contribution in [2.45, 2.75) is 45.6 Å². The SMILES string of the molecule is C[C@H]1CCC2C[C@@]1(N)C2(C)C. The summed E-state index contributed by atoms with van der Waals surface area (Å²) in [4.78, 5) is 0. The summed E-state index contributed by atoms with van der Waals surface area (Å²) < 4.78 is 0. The van der Waals surface area contributed by atoms with E-state index in [1.807, 2.05) is 0 Å². The average Bonchev–Trinajstić information content (AvgIpc) is 1.94. The minimum atomic E-state index is 0.177. The summed E-state index contributed by atoms with van der Waals surface area (Å²) in [5.74, 6) is 1.66. The summed E-state index contributed by atoms with van der Waals surface area (Å²) in [6.07, 6.45) is 4.04. The molecule has 0 aliphatic heterocycles. The molecule has 3 rings (SSSR count). The Balaban J connectivity index is 2.28.